The predicted octanol–water partition coefficient (Wildman–Crippen LogP) is 4.10. The summed E-state index contributed by atoms with van der Waals surface area (Å²) in [4.78, 5) is 75.3. The van der Waals surface area contributed by atoms with E-state index in [0.29, 0.717) is 45.3 Å². The Labute approximate surface area is 271 Å². The van der Waals surface area contributed by atoms with Gasteiger partial charge in [0, 0.05) is 38.6 Å². The summed E-state index contributed by atoms with van der Waals surface area (Å²) >= 11 is 0. The molecule has 0 aliphatic carbocycles. The van der Waals surface area contributed by atoms with E-state index in [0.717, 1.165) is 5.56 Å². The lowest BCUT2D eigenvalue weighted by Crippen LogP contribution is -2.52. The fourth-order valence-corrected chi connectivity index (χ4v) is 5.86. The number of amides is 5. The van der Waals surface area contributed by atoms with Crippen molar-refractivity contribution in [2.75, 3.05) is 32.7 Å². The molecule has 13 heteroatoms. The highest BCUT2D eigenvalue weighted by atomic mass is 16.7. The second-order valence-corrected chi connectivity index (χ2v) is 14.1. The van der Waals surface area contributed by atoms with Gasteiger partial charge in [0.1, 0.15) is 23.9 Å². The summed E-state index contributed by atoms with van der Waals surface area (Å²) in [6.45, 7) is 12.1. The van der Waals surface area contributed by atoms with Crippen molar-refractivity contribution < 1.29 is 38.3 Å². The number of hydrogen-bond acceptors (Lipinski definition) is 8. The van der Waals surface area contributed by atoms with E-state index in [-0.39, 0.29) is 55.9 Å². The van der Waals surface area contributed by atoms with Gasteiger partial charge >= 0.3 is 18.2 Å². The molecule has 3 fully saturated rings. The van der Waals surface area contributed by atoms with Crippen molar-refractivity contribution in [2.45, 2.75) is 110 Å². The molecule has 46 heavy (non-hydrogen) atoms. The average Bonchev–Trinajstić information content (AvgIpc) is 3.22. The van der Waals surface area contributed by atoms with Gasteiger partial charge in [0.2, 0.25) is 5.91 Å². The molecule has 0 aromatic heterocycles. The molecule has 0 unspecified atom stereocenters. The highest BCUT2D eigenvalue weighted by Gasteiger charge is 2.48. The van der Waals surface area contributed by atoms with Gasteiger partial charge in [-0.1, -0.05) is 30.3 Å². The highest BCUT2D eigenvalue weighted by molar-refractivity contribution is 5.91. The van der Waals surface area contributed by atoms with Crippen molar-refractivity contribution in [1.29, 1.82) is 0 Å². The van der Waals surface area contributed by atoms with E-state index in [1.807, 2.05) is 51.1 Å². The molecule has 0 radical (unpaired) electrons. The van der Waals surface area contributed by atoms with E-state index >= 15 is 0 Å². The molecule has 2 bridgehead atoms. The van der Waals surface area contributed by atoms with E-state index in [9.17, 15) is 24.0 Å². The van der Waals surface area contributed by atoms with Crippen LogP contribution in [-0.2, 0) is 30.5 Å². The molecule has 0 saturated carbocycles. The van der Waals surface area contributed by atoms with Gasteiger partial charge in [-0.25, -0.2) is 14.4 Å². The summed E-state index contributed by atoms with van der Waals surface area (Å²) in [6, 6.07) is 8.17. The summed E-state index contributed by atoms with van der Waals surface area (Å²) in [5, 5.41) is 4.07. The van der Waals surface area contributed by atoms with Crippen LogP contribution in [0.15, 0.2) is 30.3 Å². The molecule has 254 valence electrons. The minimum absolute atomic E-state index is 0.0162. The van der Waals surface area contributed by atoms with E-state index in [4.69, 9.17) is 14.3 Å². The molecule has 2 atom stereocenters. The van der Waals surface area contributed by atoms with Crippen LogP contribution in [0.4, 0.5) is 14.4 Å². The second kappa shape index (κ2) is 14.7. The maximum Gasteiger partial charge on any atom is 0.410 e. The fourth-order valence-electron chi connectivity index (χ4n) is 5.86. The predicted molar refractivity (Wildman–Crippen MR) is 168 cm³/mol. The zero-order valence-electron chi connectivity index (χ0n) is 28.0. The van der Waals surface area contributed by atoms with Gasteiger partial charge < -0.3 is 29.5 Å². The number of benzene rings is 1. The van der Waals surface area contributed by atoms with Crippen molar-refractivity contribution in [3.63, 3.8) is 0 Å². The summed E-state index contributed by atoms with van der Waals surface area (Å²) in [5.41, 5.74) is -0.387. The molecular weight excluding hydrogens is 594 g/mol. The standard InChI is InChI=1S/C33H49N5O8/c1-32(2,3)45-30(42)35-17-14-24(15-18-35)36(31(43)46-33(4,5)6)19-16-26(39)20-34-28(40)27-13-12-25-21-37(27)29(41)38(25)44-22-23-10-8-7-9-11-23/h7-11,24-25,27H,12-22H2,1-6H3,(H,34,40)/t25-,27+/m1/s1. The molecule has 4 rings (SSSR count). The van der Waals surface area contributed by atoms with Crippen molar-refractivity contribution in [1.82, 2.24) is 25.1 Å². The van der Waals surface area contributed by atoms with Crippen LogP contribution in [0.25, 0.3) is 0 Å². The Morgan fingerprint density at radius 3 is 2.20 bits per heavy atom. The third-order valence-electron chi connectivity index (χ3n) is 8.11. The maximum atomic E-state index is 13.2. The van der Waals surface area contributed by atoms with Crippen LogP contribution in [0.1, 0.15) is 79.2 Å². The van der Waals surface area contributed by atoms with E-state index in [1.54, 1.807) is 30.6 Å². The number of piperidine rings is 2. The molecule has 1 aromatic carbocycles. The van der Waals surface area contributed by atoms with Crippen molar-refractivity contribution in [2.24, 2.45) is 0 Å². The van der Waals surface area contributed by atoms with Crippen LogP contribution in [0.5, 0.6) is 0 Å². The lowest BCUT2D eigenvalue weighted by molar-refractivity contribution is -0.140. The number of nitrogens with one attached hydrogen (secondary N) is 1. The first-order valence-corrected chi connectivity index (χ1v) is 16.1. The Kier molecular flexibility index (Phi) is 11.2. The summed E-state index contributed by atoms with van der Waals surface area (Å²) in [6.07, 6.45) is 1.21. The molecule has 5 amide bonds. The lowest BCUT2D eigenvalue weighted by Gasteiger charge is -2.39. The Bertz CT molecular complexity index is 1250. The molecule has 3 heterocycles. The summed E-state index contributed by atoms with van der Waals surface area (Å²) in [5.74, 6) is -0.633. The first kappa shape index (κ1) is 35.0. The highest BCUT2D eigenvalue weighted by Crippen LogP contribution is 2.30. The minimum Gasteiger partial charge on any atom is -0.444 e. The third-order valence-corrected chi connectivity index (χ3v) is 8.11. The van der Waals surface area contributed by atoms with Crippen molar-refractivity contribution >= 4 is 29.9 Å². The van der Waals surface area contributed by atoms with Crippen LogP contribution in [0.2, 0.25) is 0 Å². The van der Waals surface area contributed by atoms with Gasteiger partial charge in [0.05, 0.1) is 12.6 Å². The smallest absolute Gasteiger partial charge is 0.410 e. The van der Waals surface area contributed by atoms with Crippen LogP contribution in [0.3, 0.4) is 0 Å². The number of likely N-dealkylation sites (tertiary alicyclic amines) is 1. The van der Waals surface area contributed by atoms with Gasteiger partial charge in [0.15, 0.2) is 5.78 Å². The number of ether oxygens (including phenoxy) is 2. The zero-order valence-corrected chi connectivity index (χ0v) is 28.0. The molecule has 3 saturated heterocycles. The number of Topliss-reactive ketones (excluding diaryl/α,β-unsaturated/α-hetero) is 1. The number of fused-ring (bicyclic) bond motifs is 2. The van der Waals surface area contributed by atoms with E-state index in [2.05, 4.69) is 5.32 Å². The van der Waals surface area contributed by atoms with Gasteiger partial charge in [-0.2, -0.15) is 5.06 Å². The molecular formula is C33H49N5O8. The molecule has 13 nitrogen and oxygen atoms in total. The maximum absolute atomic E-state index is 13.2. The zero-order chi connectivity index (χ0) is 33.6. The van der Waals surface area contributed by atoms with Gasteiger partial charge in [-0.05, 0) is 72.8 Å². The Morgan fingerprint density at radius 1 is 0.913 bits per heavy atom. The molecule has 3 aliphatic heterocycles. The number of ketones is 1. The van der Waals surface area contributed by atoms with Crippen molar-refractivity contribution in [3.05, 3.63) is 35.9 Å². The average molecular weight is 644 g/mol. The van der Waals surface area contributed by atoms with Crippen molar-refractivity contribution in [3.8, 4) is 0 Å². The molecule has 1 N–H and O–H groups in total. The Morgan fingerprint density at radius 2 is 1.57 bits per heavy atom. The normalized spacial score (nSPS) is 20.4. The number of hydrogen-bond donors (Lipinski definition) is 1. The monoisotopic (exact) mass is 643 g/mol. The third kappa shape index (κ3) is 9.57. The van der Waals surface area contributed by atoms with Gasteiger partial charge in [-0.3, -0.25) is 14.4 Å². The number of urea groups is 1. The number of carbonyl (C=O) groups is 5. The largest absolute Gasteiger partial charge is 0.444 e. The molecule has 3 aliphatic rings. The van der Waals surface area contributed by atoms with E-state index in [1.165, 1.54) is 9.96 Å². The number of hydroxylamine groups is 2. The Hall–Kier alpha value is -3.87. The first-order valence-electron chi connectivity index (χ1n) is 16.1. The van der Waals surface area contributed by atoms with Crippen LogP contribution in [-0.4, -0.2) is 112 Å². The quantitative estimate of drug-likeness (QED) is 0.402. The fraction of sp³-hybridized carbons (Fsp3) is 0.667. The minimum atomic E-state index is -0.724. The lowest BCUT2D eigenvalue weighted by atomic mass is 10.0. The van der Waals surface area contributed by atoms with E-state index < -0.39 is 29.4 Å². The summed E-state index contributed by atoms with van der Waals surface area (Å²) < 4.78 is 11.1. The summed E-state index contributed by atoms with van der Waals surface area (Å²) in [7, 11) is 0. The number of carbonyl (C=O) groups excluding carboxylic acids is 5. The topological polar surface area (TPSA) is 138 Å². The van der Waals surface area contributed by atoms with Crippen LogP contribution in [0, 0.1) is 0 Å². The SMILES string of the molecule is CC(C)(C)OC(=O)N1CCC(N(CCC(=O)CNC(=O)[C@@H]2CC[C@@H]3CN2C(=O)N3OCc2ccccc2)C(=O)OC(C)(C)C)CC1. The number of nitrogens with zero attached hydrogens (tertiary/aromatic N) is 4. The number of rotatable bonds is 10. The van der Waals surface area contributed by atoms with Crippen LogP contribution < -0.4 is 5.32 Å². The Balaban J connectivity index is 1.26. The van der Waals surface area contributed by atoms with Gasteiger partial charge in [-0.15, -0.1) is 0 Å². The first-order chi connectivity index (χ1) is 21.6. The van der Waals surface area contributed by atoms with Crippen LogP contribution >= 0.6 is 0 Å². The molecule has 1 aromatic rings. The second-order valence-electron chi connectivity index (χ2n) is 14.1. The molecule has 0 spiro atoms. The van der Waals surface area contributed by atoms with Gasteiger partial charge in [0.25, 0.3) is 0 Å².